The Morgan fingerprint density at radius 3 is 2.19 bits per heavy atom. The first-order valence-corrected chi connectivity index (χ1v) is 6.51. The third kappa shape index (κ3) is 3.83. The molecule has 0 saturated heterocycles. The Bertz CT molecular complexity index is 691. The van der Waals surface area contributed by atoms with Crippen LogP contribution in [0.25, 0.3) is 16.8 Å². The average Bonchev–Trinajstić information content (AvgIpc) is 2.50. The van der Waals surface area contributed by atoms with Gasteiger partial charge in [0.25, 0.3) is 0 Å². The van der Waals surface area contributed by atoms with Crippen molar-refractivity contribution < 1.29 is 9.59 Å². The van der Waals surface area contributed by atoms with E-state index in [0.717, 1.165) is 12.2 Å². The summed E-state index contributed by atoms with van der Waals surface area (Å²) in [6.07, 6.45) is 7.28. The largest absolute Gasteiger partial charge is 0.231 e. The zero-order chi connectivity index (χ0) is 15.7. The molecule has 0 spiro atoms. The molecular weight excluding hydrogens is 264 g/mol. The van der Waals surface area contributed by atoms with Crippen molar-refractivity contribution in [3.63, 3.8) is 0 Å². The molecule has 0 fully saturated rings. The van der Waals surface area contributed by atoms with E-state index in [1.54, 1.807) is 0 Å². The predicted molar refractivity (Wildman–Crippen MR) is 82.8 cm³/mol. The van der Waals surface area contributed by atoms with Gasteiger partial charge in [-0.2, -0.15) is 0 Å². The summed E-state index contributed by atoms with van der Waals surface area (Å²) in [5.41, 5.74) is 2.86. The number of allylic oxidation sites excluding steroid dienone is 1. The van der Waals surface area contributed by atoms with Gasteiger partial charge in [-0.05, 0) is 28.3 Å². The molecule has 0 radical (unpaired) electrons. The van der Waals surface area contributed by atoms with Crippen LogP contribution in [0, 0.1) is 10.8 Å². The Labute approximate surface area is 123 Å². The highest BCUT2D eigenvalue weighted by Crippen LogP contribution is 2.35. The van der Waals surface area contributed by atoms with Crippen LogP contribution in [0.15, 0.2) is 42.5 Å². The molecule has 0 saturated carbocycles. The topological polar surface area (TPSA) is 81.8 Å². The number of rotatable bonds is 1. The highest BCUT2D eigenvalue weighted by Gasteiger charge is 2.14. The summed E-state index contributed by atoms with van der Waals surface area (Å²) in [6, 6.07) is 13.2. The summed E-state index contributed by atoms with van der Waals surface area (Å²) in [4.78, 5) is 16.7. The van der Waals surface area contributed by atoms with Gasteiger partial charge in [0.2, 0.25) is 12.2 Å². The van der Waals surface area contributed by atoms with Crippen LogP contribution in [0.2, 0.25) is 0 Å². The second-order valence-electron chi connectivity index (χ2n) is 4.37. The normalized spacial score (nSPS) is 13.9. The maximum Gasteiger partial charge on any atom is 0.231 e. The van der Waals surface area contributed by atoms with Crippen molar-refractivity contribution in [3.8, 4) is 0 Å². The lowest BCUT2D eigenvalue weighted by Crippen LogP contribution is -1.99. The fraction of sp³-hybridized carbons (Fsp3) is 0.176. The van der Waals surface area contributed by atoms with Crippen LogP contribution >= 0.6 is 0 Å². The first-order valence-electron chi connectivity index (χ1n) is 6.51. The second-order valence-corrected chi connectivity index (χ2v) is 4.37. The molecule has 2 aromatic carbocycles. The molecule has 0 aliphatic heterocycles. The minimum atomic E-state index is 0.601. The van der Waals surface area contributed by atoms with Gasteiger partial charge in [0, 0.05) is 5.92 Å². The van der Waals surface area contributed by atoms with Crippen molar-refractivity contribution in [2.24, 2.45) is 0 Å². The molecule has 21 heavy (non-hydrogen) atoms. The number of carbonyl (C=O) groups excluding carboxylic acids is 2. The minimum absolute atomic E-state index is 0.601. The molecule has 1 aliphatic rings. The maximum absolute atomic E-state index is 8.35. The second kappa shape index (κ2) is 8.39. The Hall–Kier alpha value is -2.80. The summed E-state index contributed by atoms with van der Waals surface area (Å²) in [7, 11) is 0. The van der Waals surface area contributed by atoms with Gasteiger partial charge >= 0.3 is 0 Å². The highest BCUT2D eigenvalue weighted by molar-refractivity contribution is 5.95. The lowest BCUT2D eigenvalue weighted by atomic mass is 9.85. The Morgan fingerprint density at radius 1 is 1.05 bits per heavy atom. The van der Waals surface area contributed by atoms with Crippen molar-refractivity contribution in [3.05, 3.63) is 53.6 Å². The van der Waals surface area contributed by atoms with E-state index in [1.807, 2.05) is 0 Å². The molecule has 1 unspecified atom stereocenters. The van der Waals surface area contributed by atoms with Gasteiger partial charge in [-0.3, -0.25) is 0 Å². The predicted octanol–water partition coefficient (Wildman–Crippen LogP) is 4.16. The zero-order valence-corrected chi connectivity index (χ0v) is 11.7. The molecule has 2 aromatic rings. The zero-order valence-electron chi connectivity index (χ0n) is 11.7. The molecular formula is C17H16N2O2. The number of hydrogen-bond donors (Lipinski definition) is 2. The molecule has 1 atom stereocenters. The smallest absolute Gasteiger partial charge is 0.222 e. The van der Waals surface area contributed by atoms with E-state index in [2.05, 4.69) is 55.5 Å². The van der Waals surface area contributed by atoms with Gasteiger partial charge in [0.15, 0.2) is 0 Å². The van der Waals surface area contributed by atoms with Crippen molar-refractivity contribution in [1.29, 1.82) is 10.8 Å². The monoisotopic (exact) mass is 280 g/mol. The number of benzene rings is 2. The highest BCUT2D eigenvalue weighted by atomic mass is 16.1. The van der Waals surface area contributed by atoms with Gasteiger partial charge in [0.05, 0.1) is 0 Å². The van der Waals surface area contributed by atoms with Gasteiger partial charge < -0.3 is 0 Å². The van der Waals surface area contributed by atoms with E-state index in [4.69, 9.17) is 20.4 Å². The molecule has 0 bridgehead atoms. The average molecular weight is 280 g/mol. The third-order valence-electron chi connectivity index (χ3n) is 3.32. The molecule has 0 heterocycles. The molecule has 4 heteroatoms. The van der Waals surface area contributed by atoms with E-state index in [1.165, 1.54) is 28.3 Å². The van der Waals surface area contributed by atoms with Crippen LogP contribution in [0.3, 0.4) is 0 Å². The summed E-state index contributed by atoms with van der Waals surface area (Å²) in [5.74, 6) is 0.601. The SMILES string of the molecule is CCC1C=Cc2cccc3cccc1c23.N=C=O.N=C=O. The van der Waals surface area contributed by atoms with E-state index < -0.39 is 0 Å². The van der Waals surface area contributed by atoms with Crippen molar-refractivity contribution in [2.75, 3.05) is 0 Å². The van der Waals surface area contributed by atoms with E-state index in [9.17, 15) is 0 Å². The minimum Gasteiger partial charge on any atom is -0.222 e. The summed E-state index contributed by atoms with van der Waals surface area (Å²) < 4.78 is 0. The summed E-state index contributed by atoms with van der Waals surface area (Å²) in [5, 5.41) is 13.6. The standard InChI is InChI=1S/C15H14.2CHNO/c1-2-11-9-10-13-6-3-5-12-7-4-8-14(11)15(12)13;2*2-1-3/h3-11H,2H2,1H3;2*2H. The first-order chi connectivity index (χ1) is 10.2. The van der Waals surface area contributed by atoms with E-state index in [-0.39, 0.29) is 0 Å². The Morgan fingerprint density at radius 2 is 1.62 bits per heavy atom. The van der Waals surface area contributed by atoms with Crippen LogP contribution in [-0.4, -0.2) is 12.2 Å². The van der Waals surface area contributed by atoms with Crippen LogP contribution in [0.1, 0.15) is 30.4 Å². The summed E-state index contributed by atoms with van der Waals surface area (Å²) >= 11 is 0. The molecule has 2 N–H and O–H groups in total. The molecule has 4 nitrogen and oxygen atoms in total. The molecule has 1 aliphatic carbocycles. The fourth-order valence-electron chi connectivity index (χ4n) is 2.53. The third-order valence-corrected chi connectivity index (χ3v) is 3.32. The van der Waals surface area contributed by atoms with Crippen molar-refractivity contribution >= 4 is 29.0 Å². The van der Waals surface area contributed by atoms with Crippen LogP contribution in [0.4, 0.5) is 0 Å². The van der Waals surface area contributed by atoms with Gasteiger partial charge in [-0.1, -0.05) is 55.5 Å². The Kier molecular flexibility index (Phi) is 6.49. The van der Waals surface area contributed by atoms with Gasteiger partial charge in [0.1, 0.15) is 0 Å². The van der Waals surface area contributed by atoms with Gasteiger partial charge in [-0.25, -0.2) is 20.4 Å². The summed E-state index contributed by atoms with van der Waals surface area (Å²) in [6.45, 7) is 2.25. The quantitative estimate of drug-likeness (QED) is 0.607. The number of nitrogens with one attached hydrogen (secondary N) is 2. The molecule has 0 amide bonds. The van der Waals surface area contributed by atoms with Crippen LogP contribution in [0.5, 0.6) is 0 Å². The van der Waals surface area contributed by atoms with E-state index >= 15 is 0 Å². The van der Waals surface area contributed by atoms with E-state index in [0.29, 0.717) is 5.92 Å². The van der Waals surface area contributed by atoms with Crippen LogP contribution in [-0.2, 0) is 9.59 Å². The first kappa shape index (κ1) is 16.3. The lowest BCUT2D eigenvalue weighted by molar-refractivity contribution is 0.562. The maximum atomic E-state index is 8.35. The van der Waals surface area contributed by atoms with Gasteiger partial charge in [-0.15, -0.1) is 0 Å². The van der Waals surface area contributed by atoms with Crippen LogP contribution < -0.4 is 0 Å². The molecule has 106 valence electrons. The number of hydrogen-bond acceptors (Lipinski definition) is 4. The number of isocyanates is 2. The van der Waals surface area contributed by atoms with Crippen molar-refractivity contribution in [2.45, 2.75) is 19.3 Å². The molecule has 3 rings (SSSR count). The van der Waals surface area contributed by atoms with Crippen molar-refractivity contribution in [1.82, 2.24) is 0 Å². The molecule has 0 aromatic heterocycles. The fourth-order valence-corrected chi connectivity index (χ4v) is 2.53. The lowest BCUT2D eigenvalue weighted by Gasteiger charge is -2.19. The Balaban J connectivity index is 0.000000321.